The summed E-state index contributed by atoms with van der Waals surface area (Å²) in [7, 11) is 0. The molecule has 0 unspecified atom stereocenters. The third-order valence-corrected chi connectivity index (χ3v) is 2.56. The van der Waals surface area contributed by atoms with E-state index >= 15 is 0 Å². The van der Waals surface area contributed by atoms with Crippen LogP contribution in [-0.2, 0) is 0 Å². The Bertz CT molecular complexity index is 654. The first kappa shape index (κ1) is 12.1. The van der Waals surface area contributed by atoms with Gasteiger partial charge in [-0.2, -0.15) is 0 Å². The minimum atomic E-state index is -0.588. The average molecular weight is 266 g/mol. The Morgan fingerprint density at radius 2 is 1.94 bits per heavy atom. The Labute approximate surface area is 106 Å². The topological polar surface area (TPSA) is 88.0 Å². The molecule has 92 valence electrons. The number of nitro groups is 1. The molecule has 0 amide bonds. The number of aromatic nitrogens is 1. The molecule has 2 N–H and O–H groups in total. The zero-order valence-corrected chi connectivity index (χ0v) is 9.77. The molecule has 0 aliphatic carbocycles. The van der Waals surface area contributed by atoms with Gasteiger partial charge in [-0.15, -0.1) is 0 Å². The maximum absolute atomic E-state index is 11.2. The number of H-pyrrole nitrogens is 1. The smallest absolute Gasteiger partial charge is 0.309 e. The largest absolute Gasteiger partial charge is 0.335 e. The molecule has 2 aromatic rings. The Morgan fingerprint density at radius 3 is 2.61 bits per heavy atom. The molecule has 0 bridgehead atoms. The fraction of sp³-hybridized carbons (Fsp3) is 0. The van der Waals surface area contributed by atoms with Crippen molar-refractivity contribution >= 4 is 28.8 Å². The van der Waals surface area contributed by atoms with Gasteiger partial charge in [-0.25, -0.2) is 0 Å². The molecule has 0 atom stereocenters. The van der Waals surface area contributed by atoms with Crippen LogP contribution in [0.25, 0.3) is 0 Å². The summed E-state index contributed by atoms with van der Waals surface area (Å²) in [5, 5.41) is 14.0. The summed E-state index contributed by atoms with van der Waals surface area (Å²) in [6, 6.07) is 8.97. The molecule has 1 heterocycles. The second-order valence-electron chi connectivity index (χ2n) is 3.44. The minimum Gasteiger partial charge on any atom is -0.335 e. The predicted octanol–water partition coefficient (Wildman–Crippen LogP) is 2.68. The van der Waals surface area contributed by atoms with Crippen LogP contribution in [0.5, 0.6) is 0 Å². The maximum atomic E-state index is 11.2. The van der Waals surface area contributed by atoms with Crippen molar-refractivity contribution in [3.63, 3.8) is 0 Å². The lowest BCUT2D eigenvalue weighted by Gasteiger charge is -2.07. The third-order valence-electron chi connectivity index (χ3n) is 2.23. The molecule has 0 saturated heterocycles. The molecular formula is C11H8ClN3O3. The van der Waals surface area contributed by atoms with Crippen LogP contribution in [0.3, 0.4) is 0 Å². The van der Waals surface area contributed by atoms with Crippen LogP contribution in [0, 0.1) is 10.1 Å². The van der Waals surface area contributed by atoms with Crippen molar-refractivity contribution in [3.05, 3.63) is 61.9 Å². The van der Waals surface area contributed by atoms with Crippen LogP contribution in [0.4, 0.5) is 17.2 Å². The van der Waals surface area contributed by atoms with Gasteiger partial charge in [-0.1, -0.05) is 23.7 Å². The first-order valence-electron chi connectivity index (χ1n) is 4.97. The van der Waals surface area contributed by atoms with Gasteiger partial charge in [0.1, 0.15) is 0 Å². The fourth-order valence-corrected chi connectivity index (χ4v) is 1.59. The number of rotatable bonds is 3. The van der Waals surface area contributed by atoms with Gasteiger partial charge < -0.3 is 10.3 Å². The molecule has 1 aromatic carbocycles. The summed E-state index contributed by atoms with van der Waals surface area (Å²) in [5.41, 5.74) is -0.186. The van der Waals surface area contributed by atoms with Crippen LogP contribution in [0.2, 0.25) is 5.02 Å². The Morgan fingerprint density at radius 1 is 1.22 bits per heavy atom. The van der Waals surface area contributed by atoms with E-state index in [1.54, 1.807) is 24.3 Å². The van der Waals surface area contributed by atoms with Gasteiger partial charge in [-0.3, -0.25) is 14.9 Å². The van der Waals surface area contributed by atoms with Gasteiger partial charge in [0.05, 0.1) is 15.6 Å². The van der Waals surface area contributed by atoms with Crippen molar-refractivity contribution in [2.24, 2.45) is 0 Å². The number of hydrogen-bond acceptors (Lipinski definition) is 4. The highest BCUT2D eigenvalue weighted by Gasteiger charge is 2.15. The molecule has 2 rings (SSSR count). The molecular weight excluding hydrogens is 258 g/mol. The van der Waals surface area contributed by atoms with Crippen molar-refractivity contribution in [3.8, 4) is 0 Å². The van der Waals surface area contributed by atoms with Gasteiger partial charge in [0, 0.05) is 12.1 Å². The van der Waals surface area contributed by atoms with Gasteiger partial charge in [0.2, 0.25) is 5.56 Å². The second kappa shape index (κ2) is 4.89. The van der Waals surface area contributed by atoms with Crippen molar-refractivity contribution in [2.45, 2.75) is 0 Å². The number of hydrogen-bond donors (Lipinski definition) is 2. The second-order valence-corrected chi connectivity index (χ2v) is 3.85. The molecule has 0 fully saturated rings. The van der Waals surface area contributed by atoms with E-state index in [-0.39, 0.29) is 11.5 Å². The number of benzene rings is 1. The zero-order valence-electron chi connectivity index (χ0n) is 9.01. The number of para-hydroxylation sites is 1. The van der Waals surface area contributed by atoms with Crippen LogP contribution in [-0.4, -0.2) is 9.91 Å². The summed E-state index contributed by atoms with van der Waals surface area (Å²) in [5.74, 6) is 0.000556. The van der Waals surface area contributed by atoms with Gasteiger partial charge in [0.25, 0.3) is 0 Å². The van der Waals surface area contributed by atoms with Gasteiger partial charge >= 0.3 is 5.69 Å². The highest BCUT2D eigenvalue weighted by atomic mass is 35.5. The molecule has 0 aliphatic heterocycles. The Hall–Kier alpha value is -2.34. The number of nitrogens with one attached hydrogen (secondary N) is 2. The number of anilines is 2. The van der Waals surface area contributed by atoms with Crippen LogP contribution in [0.1, 0.15) is 0 Å². The van der Waals surface area contributed by atoms with E-state index in [2.05, 4.69) is 10.3 Å². The SMILES string of the molecule is O=c1ccc([N+](=O)[O-])c(Nc2ccccc2Cl)[nH]1. The summed E-state index contributed by atoms with van der Waals surface area (Å²) >= 11 is 5.92. The number of pyridine rings is 1. The average Bonchev–Trinajstić information content (AvgIpc) is 2.32. The number of halogens is 1. The number of nitrogens with zero attached hydrogens (tertiary/aromatic N) is 1. The van der Waals surface area contributed by atoms with Gasteiger partial charge in [-0.05, 0) is 12.1 Å². The fourth-order valence-electron chi connectivity index (χ4n) is 1.41. The van der Waals surface area contributed by atoms with Crippen LogP contribution >= 0.6 is 11.6 Å². The van der Waals surface area contributed by atoms with E-state index in [4.69, 9.17) is 11.6 Å². The molecule has 0 spiro atoms. The third kappa shape index (κ3) is 2.49. The summed E-state index contributed by atoms with van der Waals surface area (Å²) < 4.78 is 0. The predicted molar refractivity (Wildman–Crippen MR) is 68.5 cm³/mol. The van der Waals surface area contributed by atoms with Crippen molar-refractivity contribution < 1.29 is 4.92 Å². The van der Waals surface area contributed by atoms with E-state index in [1.165, 1.54) is 0 Å². The van der Waals surface area contributed by atoms with E-state index in [0.717, 1.165) is 12.1 Å². The Kier molecular flexibility index (Phi) is 3.29. The normalized spacial score (nSPS) is 10.1. The Balaban J connectivity index is 2.46. The van der Waals surface area contributed by atoms with Crippen molar-refractivity contribution in [1.82, 2.24) is 4.98 Å². The van der Waals surface area contributed by atoms with Gasteiger partial charge in [0.15, 0.2) is 5.82 Å². The molecule has 0 aliphatic rings. The zero-order chi connectivity index (χ0) is 13.1. The lowest BCUT2D eigenvalue weighted by atomic mass is 10.3. The lowest BCUT2D eigenvalue weighted by molar-refractivity contribution is -0.384. The van der Waals surface area contributed by atoms with E-state index in [1.807, 2.05) is 0 Å². The van der Waals surface area contributed by atoms with Crippen molar-refractivity contribution in [1.29, 1.82) is 0 Å². The molecule has 7 heteroatoms. The quantitative estimate of drug-likeness (QED) is 0.660. The molecule has 1 aromatic heterocycles. The van der Waals surface area contributed by atoms with Crippen LogP contribution < -0.4 is 10.9 Å². The van der Waals surface area contributed by atoms with E-state index in [0.29, 0.717) is 10.7 Å². The standard InChI is InChI=1S/C11H8ClN3O3/c12-7-3-1-2-4-8(7)13-11-9(15(17)18)5-6-10(16)14-11/h1-6H,(H2,13,14,16). The molecule has 0 saturated carbocycles. The summed E-state index contributed by atoms with van der Waals surface area (Å²) in [6.07, 6.45) is 0. The first-order chi connectivity index (χ1) is 8.58. The molecule has 0 radical (unpaired) electrons. The maximum Gasteiger partial charge on any atom is 0.309 e. The van der Waals surface area contributed by atoms with E-state index in [9.17, 15) is 14.9 Å². The van der Waals surface area contributed by atoms with Crippen molar-refractivity contribution in [2.75, 3.05) is 5.32 Å². The van der Waals surface area contributed by atoms with E-state index < -0.39 is 10.5 Å². The lowest BCUT2D eigenvalue weighted by Crippen LogP contribution is -2.09. The first-order valence-corrected chi connectivity index (χ1v) is 5.35. The van der Waals surface area contributed by atoms with Crippen LogP contribution in [0.15, 0.2) is 41.2 Å². The molecule has 18 heavy (non-hydrogen) atoms. The number of aromatic amines is 1. The minimum absolute atomic E-state index is 0.000556. The summed E-state index contributed by atoms with van der Waals surface area (Å²) in [4.78, 5) is 23.8. The summed E-state index contributed by atoms with van der Waals surface area (Å²) in [6.45, 7) is 0. The highest BCUT2D eigenvalue weighted by Crippen LogP contribution is 2.27. The highest BCUT2D eigenvalue weighted by molar-refractivity contribution is 6.33. The monoisotopic (exact) mass is 265 g/mol. The molecule has 6 nitrogen and oxygen atoms in total.